The summed E-state index contributed by atoms with van der Waals surface area (Å²) in [5.74, 6) is 0.0673. The molecule has 1 aromatic rings. The van der Waals surface area contributed by atoms with Crippen LogP contribution in [0.1, 0.15) is 30.1 Å². The van der Waals surface area contributed by atoms with E-state index < -0.39 is 0 Å². The van der Waals surface area contributed by atoms with Crippen molar-refractivity contribution in [2.75, 3.05) is 19.7 Å². The number of piperidine rings is 1. The summed E-state index contributed by atoms with van der Waals surface area (Å²) in [5.41, 5.74) is 0.683. The molecule has 1 aliphatic rings. The van der Waals surface area contributed by atoms with Gasteiger partial charge in [0.2, 0.25) is 0 Å². The van der Waals surface area contributed by atoms with Crippen LogP contribution in [0, 0.1) is 0 Å². The molecule has 0 unspecified atom stereocenters. The highest BCUT2D eigenvalue weighted by Crippen LogP contribution is 2.23. The summed E-state index contributed by atoms with van der Waals surface area (Å²) in [5, 5.41) is 0. The summed E-state index contributed by atoms with van der Waals surface area (Å²) in [7, 11) is 0. The fraction of sp³-hybridized carbons (Fsp3) is 0.500. The normalized spacial score (nSPS) is 16.7. The van der Waals surface area contributed by atoms with Crippen molar-refractivity contribution in [1.82, 2.24) is 4.90 Å². The first-order chi connectivity index (χ1) is 9.11. The lowest BCUT2D eigenvalue weighted by Crippen LogP contribution is -2.41. The Morgan fingerprint density at radius 3 is 2.79 bits per heavy atom. The molecule has 0 aromatic heterocycles. The first-order valence-electron chi connectivity index (χ1n) is 6.51. The van der Waals surface area contributed by atoms with E-state index in [9.17, 15) is 4.79 Å². The molecular weight excluding hydrogens is 326 g/mol. The molecule has 19 heavy (non-hydrogen) atoms. The molecule has 2 rings (SSSR count). The molecule has 0 spiro atoms. The zero-order valence-electron chi connectivity index (χ0n) is 10.9. The van der Waals surface area contributed by atoms with Crippen molar-refractivity contribution in [1.29, 1.82) is 0 Å². The predicted octanol–water partition coefficient (Wildman–Crippen LogP) is 3.38. The molecule has 1 fully saturated rings. The van der Waals surface area contributed by atoms with Crippen molar-refractivity contribution in [3.8, 4) is 0 Å². The topological polar surface area (TPSA) is 29.5 Å². The Morgan fingerprint density at radius 2 is 2.16 bits per heavy atom. The van der Waals surface area contributed by atoms with E-state index in [1.807, 2.05) is 30.0 Å². The highest BCUT2D eigenvalue weighted by Gasteiger charge is 2.24. The third kappa shape index (κ3) is 3.74. The lowest BCUT2D eigenvalue weighted by molar-refractivity contribution is 0.0145. The first kappa shape index (κ1) is 14.9. The van der Waals surface area contributed by atoms with E-state index in [1.54, 1.807) is 0 Å². The van der Waals surface area contributed by atoms with E-state index in [1.165, 1.54) is 0 Å². The van der Waals surface area contributed by atoms with Crippen LogP contribution in [0.3, 0.4) is 0 Å². The Labute approximate surface area is 127 Å². The minimum Gasteiger partial charge on any atom is -0.378 e. The fourth-order valence-electron chi connectivity index (χ4n) is 2.31. The molecule has 1 amide bonds. The van der Waals surface area contributed by atoms with E-state index >= 15 is 0 Å². The molecule has 1 aromatic carbocycles. The lowest BCUT2D eigenvalue weighted by atomic mass is 10.1. The van der Waals surface area contributed by atoms with Crippen LogP contribution >= 0.6 is 28.6 Å². The molecule has 1 aliphatic heterocycles. The standard InChI is InChI=1S/C14H18BrNO2S/c1-2-18-10-5-7-16(8-6-10)14(17)12-9-11(19)3-4-13(12)15/h3-4,9-10,19H,2,5-8H2,1H3. The van der Waals surface area contributed by atoms with Crippen LogP contribution in [0.5, 0.6) is 0 Å². The van der Waals surface area contributed by atoms with Crippen molar-refractivity contribution >= 4 is 34.5 Å². The maximum Gasteiger partial charge on any atom is 0.255 e. The summed E-state index contributed by atoms with van der Waals surface area (Å²) in [4.78, 5) is 15.2. The Bertz CT molecular complexity index is 459. The van der Waals surface area contributed by atoms with E-state index in [0.29, 0.717) is 11.7 Å². The third-order valence-corrected chi connectivity index (χ3v) is 4.28. The van der Waals surface area contributed by atoms with Gasteiger partial charge in [-0.05, 0) is 53.9 Å². The number of likely N-dealkylation sites (tertiary alicyclic amines) is 1. The average molecular weight is 344 g/mol. The van der Waals surface area contributed by atoms with E-state index in [0.717, 1.165) is 41.9 Å². The minimum absolute atomic E-state index is 0.0673. The summed E-state index contributed by atoms with van der Waals surface area (Å²) in [6.07, 6.45) is 2.13. The molecule has 0 radical (unpaired) electrons. The van der Waals surface area contributed by atoms with Gasteiger partial charge >= 0.3 is 0 Å². The lowest BCUT2D eigenvalue weighted by Gasteiger charge is -2.32. The van der Waals surface area contributed by atoms with Crippen LogP contribution in [0.2, 0.25) is 0 Å². The van der Waals surface area contributed by atoms with Crippen molar-refractivity contribution in [2.24, 2.45) is 0 Å². The molecular formula is C14H18BrNO2S. The van der Waals surface area contributed by atoms with Gasteiger partial charge in [0, 0.05) is 29.1 Å². The highest BCUT2D eigenvalue weighted by atomic mass is 79.9. The zero-order valence-corrected chi connectivity index (χ0v) is 13.4. The number of thiol groups is 1. The second kappa shape index (κ2) is 6.77. The molecule has 0 atom stereocenters. The average Bonchev–Trinajstić information content (AvgIpc) is 2.42. The number of benzene rings is 1. The molecule has 1 saturated heterocycles. The first-order valence-corrected chi connectivity index (χ1v) is 7.75. The van der Waals surface area contributed by atoms with Crippen LogP contribution in [-0.4, -0.2) is 36.6 Å². The van der Waals surface area contributed by atoms with Gasteiger partial charge in [0.25, 0.3) is 5.91 Å². The quantitative estimate of drug-likeness (QED) is 0.852. The highest BCUT2D eigenvalue weighted by molar-refractivity contribution is 9.10. The molecule has 0 N–H and O–H groups in total. The van der Waals surface area contributed by atoms with E-state index in [2.05, 4.69) is 28.6 Å². The number of amides is 1. The number of carbonyl (C=O) groups is 1. The Morgan fingerprint density at radius 1 is 1.47 bits per heavy atom. The molecule has 104 valence electrons. The Kier molecular flexibility index (Phi) is 5.30. The van der Waals surface area contributed by atoms with Gasteiger partial charge in [-0.3, -0.25) is 4.79 Å². The van der Waals surface area contributed by atoms with Crippen LogP contribution in [0.4, 0.5) is 0 Å². The Hall–Kier alpha value is -0.520. The monoisotopic (exact) mass is 343 g/mol. The van der Waals surface area contributed by atoms with Crippen LogP contribution < -0.4 is 0 Å². The molecule has 5 heteroatoms. The van der Waals surface area contributed by atoms with Gasteiger partial charge in [-0.25, -0.2) is 0 Å². The number of hydrogen-bond donors (Lipinski definition) is 1. The van der Waals surface area contributed by atoms with E-state index in [-0.39, 0.29) is 5.91 Å². The van der Waals surface area contributed by atoms with E-state index in [4.69, 9.17) is 4.74 Å². The molecule has 0 saturated carbocycles. The van der Waals surface area contributed by atoms with Gasteiger partial charge in [-0.1, -0.05) is 0 Å². The van der Waals surface area contributed by atoms with Gasteiger partial charge in [0.15, 0.2) is 0 Å². The van der Waals surface area contributed by atoms with Crippen molar-refractivity contribution in [3.63, 3.8) is 0 Å². The number of halogens is 1. The summed E-state index contributed by atoms with van der Waals surface area (Å²) >= 11 is 7.72. The smallest absolute Gasteiger partial charge is 0.255 e. The molecule has 3 nitrogen and oxygen atoms in total. The third-order valence-electron chi connectivity index (χ3n) is 3.31. The van der Waals surface area contributed by atoms with Gasteiger partial charge < -0.3 is 9.64 Å². The molecule has 0 aliphatic carbocycles. The minimum atomic E-state index is 0.0673. The number of ether oxygens (including phenoxy) is 1. The van der Waals surface area contributed by atoms with Crippen LogP contribution in [0.15, 0.2) is 27.6 Å². The van der Waals surface area contributed by atoms with Gasteiger partial charge in [0.05, 0.1) is 11.7 Å². The number of rotatable bonds is 3. The number of nitrogens with zero attached hydrogens (tertiary/aromatic N) is 1. The van der Waals surface area contributed by atoms with Crippen molar-refractivity contribution in [3.05, 3.63) is 28.2 Å². The van der Waals surface area contributed by atoms with Gasteiger partial charge in [0.1, 0.15) is 0 Å². The molecule has 0 bridgehead atoms. The largest absolute Gasteiger partial charge is 0.378 e. The Balaban J connectivity index is 2.03. The second-order valence-corrected chi connectivity index (χ2v) is 5.98. The zero-order chi connectivity index (χ0) is 13.8. The summed E-state index contributed by atoms with van der Waals surface area (Å²) in [6.45, 7) is 4.26. The summed E-state index contributed by atoms with van der Waals surface area (Å²) in [6, 6.07) is 5.54. The SMILES string of the molecule is CCOC1CCN(C(=O)c2cc(S)ccc2Br)CC1. The maximum absolute atomic E-state index is 12.5. The van der Waals surface area contributed by atoms with Crippen LogP contribution in [-0.2, 0) is 4.74 Å². The molecule has 1 heterocycles. The predicted molar refractivity (Wildman–Crippen MR) is 81.9 cm³/mol. The summed E-state index contributed by atoms with van der Waals surface area (Å²) < 4.78 is 6.42. The maximum atomic E-state index is 12.5. The number of hydrogen-bond acceptors (Lipinski definition) is 3. The van der Waals surface area contributed by atoms with Gasteiger partial charge in [-0.2, -0.15) is 0 Å². The van der Waals surface area contributed by atoms with Crippen molar-refractivity contribution in [2.45, 2.75) is 30.8 Å². The fourth-order valence-corrected chi connectivity index (χ4v) is 2.93. The van der Waals surface area contributed by atoms with Gasteiger partial charge in [-0.15, -0.1) is 12.6 Å². The van der Waals surface area contributed by atoms with Crippen LogP contribution in [0.25, 0.3) is 0 Å². The van der Waals surface area contributed by atoms with Crippen molar-refractivity contribution < 1.29 is 9.53 Å². The second-order valence-electron chi connectivity index (χ2n) is 4.61. The number of carbonyl (C=O) groups excluding carboxylic acids is 1.